The summed E-state index contributed by atoms with van der Waals surface area (Å²) in [6.07, 6.45) is 19.5. The van der Waals surface area contributed by atoms with Crippen LogP contribution in [0.3, 0.4) is 0 Å². The van der Waals surface area contributed by atoms with Crippen LogP contribution in [0.5, 0.6) is 0 Å². The Hall–Kier alpha value is -4.81. The summed E-state index contributed by atoms with van der Waals surface area (Å²) in [5, 5.41) is 0. The third-order valence-electron chi connectivity index (χ3n) is 9.93. The summed E-state index contributed by atoms with van der Waals surface area (Å²) in [5.41, 5.74) is 0. The monoisotopic (exact) mass is 936 g/mol. The molecule has 1 aliphatic heterocycles. The Labute approximate surface area is 385 Å². The number of carbonyl (C=O) groups is 4. The van der Waals surface area contributed by atoms with Gasteiger partial charge in [-0.2, -0.15) is 0 Å². The minimum absolute atomic E-state index is 0.0254. The second-order valence-corrected chi connectivity index (χ2v) is 14.9. The van der Waals surface area contributed by atoms with Crippen molar-refractivity contribution in [1.82, 2.24) is 28.7 Å². The maximum Gasteiger partial charge on any atom is 0.419 e. The number of hydrogen-bond donors (Lipinski definition) is 0. The van der Waals surface area contributed by atoms with Crippen LogP contribution in [0.25, 0.3) is 0 Å². The molecular formula is C44H68N6O16. The molecule has 1 aliphatic rings. The molecule has 4 heterocycles. The van der Waals surface area contributed by atoms with E-state index in [1.807, 2.05) is 0 Å². The lowest BCUT2D eigenvalue weighted by Gasteiger charge is -2.29. The summed E-state index contributed by atoms with van der Waals surface area (Å²) in [7, 11) is 0. The molecule has 66 heavy (non-hydrogen) atoms. The smallest absolute Gasteiger partial charge is 0.419 e. The fourth-order valence-electron chi connectivity index (χ4n) is 6.53. The molecule has 0 amide bonds. The molecule has 1 unspecified atom stereocenters. The molecule has 1 fully saturated rings. The Morgan fingerprint density at radius 2 is 1.00 bits per heavy atom. The fourth-order valence-corrected chi connectivity index (χ4v) is 6.53. The van der Waals surface area contributed by atoms with Crippen LogP contribution < -0.4 is 0 Å². The molecule has 3 aromatic heterocycles. The standard InChI is InChI=1S/C44H68N6O16/c1-2-3-4-5-6-7-8-9-10-11-39(51)61-27-24-58-32-37(59-25-18-55-21-29-63-42(52)48-15-12-45-34-48)41-40(62-28-20-57-23-31-65-44(54)50-17-14-47-36-50)38(33-66-41)60-26-19-56-22-30-64-43(53)49-16-13-46-35-49/h12-17,34-38,40-41H,2-11,18-33H2,1H3/t37?,38-,40+,41-/m1/s1. The van der Waals surface area contributed by atoms with Crippen molar-refractivity contribution in [3.63, 3.8) is 0 Å². The molecule has 22 nitrogen and oxygen atoms in total. The molecule has 0 spiro atoms. The number of rotatable bonds is 37. The summed E-state index contributed by atoms with van der Waals surface area (Å²) in [6, 6.07) is 0. The second-order valence-electron chi connectivity index (χ2n) is 14.9. The Bertz CT molecular complexity index is 1680. The van der Waals surface area contributed by atoms with Gasteiger partial charge in [-0.25, -0.2) is 43.0 Å². The van der Waals surface area contributed by atoms with E-state index >= 15 is 0 Å². The van der Waals surface area contributed by atoms with Gasteiger partial charge >= 0.3 is 24.2 Å². The average molecular weight is 937 g/mol. The summed E-state index contributed by atoms with van der Waals surface area (Å²) in [5.74, 6) is -0.257. The van der Waals surface area contributed by atoms with E-state index in [-0.39, 0.29) is 112 Å². The lowest BCUT2D eigenvalue weighted by molar-refractivity contribution is -0.150. The highest BCUT2D eigenvalue weighted by Gasteiger charge is 2.44. The molecule has 0 aliphatic carbocycles. The number of carbonyl (C=O) groups excluding carboxylic acids is 4. The molecule has 0 radical (unpaired) electrons. The van der Waals surface area contributed by atoms with Gasteiger partial charge in [-0.1, -0.05) is 58.3 Å². The first-order valence-corrected chi connectivity index (χ1v) is 22.8. The second kappa shape index (κ2) is 34.5. The van der Waals surface area contributed by atoms with E-state index in [2.05, 4.69) is 21.9 Å². The molecule has 1 saturated heterocycles. The predicted molar refractivity (Wildman–Crippen MR) is 232 cm³/mol. The number of hydrogen-bond acceptors (Lipinski definition) is 19. The Morgan fingerprint density at radius 1 is 0.545 bits per heavy atom. The van der Waals surface area contributed by atoms with E-state index in [9.17, 15) is 19.2 Å². The first-order chi connectivity index (χ1) is 32.5. The van der Waals surface area contributed by atoms with Crippen LogP contribution >= 0.6 is 0 Å². The first kappa shape index (κ1) is 53.8. The van der Waals surface area contributed by atoms with E-state index < -0.39 is 42.7 Å². The van der Waals surface area contributed by atoms with Crippen LogP contribution in [0, 0.1) is 0 Å². The van der Waals surface area contributed by atoms with Gasteiger partial charge in [0.1, 0.15) is 69.8 Å². The number of nitrogens with zero attached hydrogens (tertiary/aromatic N) is 6. The van der Waals surface area contributed by atoms with Crippen LogP contribution in [0.4, 0.5) is 14.4 Å². The number of aromatic nitrogens is 6. The van der Waals surface area contributed by atoms with E-state index in [0.29, 0.717) is 6.42 Å². The van der Waals surface area contributed by atoms with Crippen molar-refractivity contribution in [3.8, 4) is 0 Å². The zero-order chi connectivity index (χ0) is 46.7. The van der Waals surface area contributed by atoms with Crippen molar-refractivity contribution in [3.05, 3.63) is 56.2 Å². The predicted octanol–water partition coefficient (Wildman–Crippen LogP) is 4.72. The van der Waals surface area contributed by atoms with Crippen molar-refractivity contribution < 1.29 is 76.0 Å². The number of unbranched alkanes of at least 4 members (excludes halogenated alkanes) is 8. The Balaban J connectivity index is 1.24. The largest absolute Gasteiger partial charge is 0.463 e. The highest BCUT2D eigenvalue weighted by molar-refractivity contribution is 5.71. The molecule has 0 saturated carbocycles. The summed E-state index contributed by atoms with van der Waals surface area (Å²) < 4.78 is 72.6. The molecule has 0 N–H and O–H groups in total. The van der Waals surface area contributed by atoms with Gasteiger partial charge in [-0.3, -0.25) is 4.79 Å². The zero-order valence-corrected chi connectivity index (χ0v) is 38.1. The quantitative estimate of drug-likeness (QED) is 0.0432. The van der Waals surface area contributed by atoms with Crippen molar-refractivity contribution in [2.45, 2.75) is 95.5 Å². The van der Waals surface area contributed by atoms with Gasteiger partial charge in [-0.05, 0) is 6.42 Å². The molecule has 3 aromatic rings. The number of ether oxygens (including phenoxy) is 12. The van der Waals surface area contributed by atoms with Crippen LogP contribution in [-0.2, 0) is 61.6 Å². The van der Waals surface area contributed by atoms with Crippen LogP contribution in [-0.4, -0.2) is 183 Å². The van der Waals surface area contributed by atoms with E-state index in [0.717, 1.165) is 19.3 Å². The van der Waals surface area contributed by atoms with Gasteiger partial charge < -0.3 is 56.8 Å². The molecule has 4 atom stereocenters. The Morgan fingerprint density at radius 3 is 1.52 bits per heavy atom. The van der Waals surface area contributed by atoms with E-state index in [1.165, 1.54) is 108 Å². The van der Waals surface area contributed by atoms with E-state index in [1.54, 1.807) is 0 Å². The molecule has 0 bridgehead atoms. The van der Waals surface area contributed by atoms with Gasteiger partial charge in [-0.15, -0.1) is 0 Å². The Kier molecular flexibility index (Phi) is 28.1. The fraction of sp³-hybridized carbons (Fsp3) is 0.705. The third kappa shape index (κ3) is 22.6. The molecule has 4 rings (SSSR count). The SMILES string of the molecule is CCCCCCCCCCCC(=O)OCCOCC(OCCOCCOC(=O)n1ccnc1)[C@H]1OC[C@@H](OCCOCCOC(=O)n2ccnc2)[C@@H]1OCCOCCOC(=O)n1ccnc1. The number of imidazole rings is 3. The van der Waals surface area contributed by atoms with Crippen molar-refractivity contribution in [2.24, 2.45) is 0 Å². The van der Waals surface area contributed by atoms with Gasteiger partial charge in [0.15, 0.2) is 0 Å². The van der Waals surface area contributed by atoms with E-state index in [4.69, 9.17) is 56.8 Å². The molecule has 22 heteroatoms. The van der Waals surface area contributed by atoms with Crippen LogP contribution in [0.1, 0.15) is 71.1 Å². The zero-order valence-electron chi connectivity index (χ0n) is 38.1. The molecular weight excluding hydrogens is 869 g/mol. The van der Waals surface area contributed by atoms with Crippen molar-refractivity contribution >= 4 is 24.2 Å². The summed E-state index contributed by atoms with van der Waals surface area (Å²) >= 11 is 0. The lowest BCUT2D eigenvalue weighted by atomic mass is 10.1. The molecule has 370 valence electrons. The van der Waals surface area contributed by atoms with Gasteiger partial charge in [0.2, 0.25) is 0 Å². The average Bonchev–Trinajstić information content (AvgIpc) is 4.19. The highest BCUT2D eigenvalue weighted by Crippen LogP contribution is 2.25. The van der Waals surface area contributed by atoms with Gasteiger partial charge in [0.25, 0.3) is 0 Å². The topological polar surface area (TPSA) is 232 Å². The third-order valence-corrected chi connectivity index (χ3v) is 9.93. The lowest BCUT2D eigenvalue weighted by Crippen LogP contribution is -2.46. The van der Waals surface area contributed by atoms with Crippen molar-refractivity contribution in [1.29, 1.82) is 0 Å². The summed E-state index contributed by atoms with van der Waals surface area (Å²) in [4.78, 5) is 60.0. The number of esters is 1. The maximum atomic E-state index is 12.4. The maximum absolute atomic E-state index is 12.4. The van der Waals surface area contributed by atoms with Crippen LogP contribution in [0.2, 0.25) is 0 Å². The highest BCUT2D eigenvalue weighted by atomic mass is 16.6. The summed E-state index contributed by atoms with van der Waals surface area (Å²) in [6.45, 7) is 4.17. The minimum Gasteiger partial charge on any atom is -0.463 e. The van der Waals surface area contributed by atoms with Gasteiger partial charge in [0.05, 0.1) is 79.3 Å². The van der Waals surface area contributed by atoms with Crippen molar-refractivity contribution in [2.75, 3.05) is 106 Å². The van der Waals surface area contributed by atoms with Crippen LogP contribution in [0.15, 0.2) is 56.2 Å². The first-order valence-electron chi connectivity index (χ1n) is 22.8. The normalized spacial score (nSPS) is 16.3. The van der Waals surface area contributed by atoms with Gasteiger partial charge in [0, 0.05) is 43.6 Å². The minimum atomic E-state index is -0.672. The molecule has 0 aromatic carbocycles.